The highest BCUT2D eigenvalue weighted by atomic mass is 15.3. The third-order valence-corrected chi connectivity index (χ3v) is 3.90. The van der Waals surface area contributed by atoms with Crippen molar-refractivity contribution in [2.24, 2.45) is 7.05 Å². The number of nitrogens with zero attached hydrogens (tertiary/aromatic N) is 6. The van der Waals surface area contributed by atoms with Crippen LogP contribution in [0.15, 0.2) is 31.1 Å². The number of aromatic nitrogens is 6. The molecule has 3 heterocycles. The van der Waals surface area contributed by atoms with E-state index >= 15 is 0 Å². The van der Waals surface area contributed by atoms with E-state index in [2.05, 4.69) is 25.4 Å². The lowest BCUT2D eigenvalue weighted by molar-refractivity contribution is 0.453. The number of nitrogens with one attached hydrogen (secondary N) is 1. The first-order chi connectivity index (χ1) is 9.78. The molecule has 0 aromatic carbocycles. The Morgan fingerprint density at radius 3 is 2.95 bits per heavy atom. The zero-order valence-corrected chi connectivity index (χ0v) is 11.2. The van der Waals surface area contributed by atoms with Crippen molar-refractivity contribution >= 4 is 17.0 Å². The van der Waals surface area contributed by atoms with Gasteiger partial charge in [-0.25, -0.2) is 15.0 Å². The van der Waals surface area contributed by atoms with Crippen molar-refractivity contribution in [2.75, 3.05) is 11.9 Å². The molecule has 3 aromatic rings. The highest BCUT2D eigenvalue weighted by molar-refractivity contribution is 5.82. The average molecular weight is 269 g/mol. The van der Waals surface area contributed by atoms with Gasteiger partial charge in [0.15, 0.2) is 11.5 Å². The van der Waals surface area contributed by atoms with Crippen LogP contribution in [0, 0.1) is 0 Å². The van der Waals surface area contributed by atoms with Crippen LogP contribution in [-0.2, 0) is 12.6 Å². The van der Waals surface area contributed by atoms with Gasteiger partial charge in [-0.1, -0.05) is 0 Å². The van der Waals surface area contributed by atoms with Gasteiger partial charge >= 0.3 is 0 Å². The molecular formula is C13H15N7. The third-order valence-electron chi connectivity index (χ3n) is 3.90. The summed E-state index contributed by atoms with van der Waals surface area (Å²) in [4.78, 5) is 12.9. The van der Waals surface area contributed by atoms with Crippen LogP contribution in [0.25, 0.3) is 11.2 Å². The Kier molecular flexibility index (Phi) is 2.29. The van der Waals surface area contributed by atoms with Crippen LogP contribution in [0.3, 0.4) is 0 Å². The lowest BCUT2D eigenvalue weighted by atomic mass is 10.2. The Morgan fingerprint density at radius 1 is 1.30 bits per heavy atom. The molecule has 0 spiro atoms. The number of hydrogen-bond donors (Lipinski definition) is 1. The number of hydrogen-bond acceptors (Lipinski definition) is 5. The summed E-state index contributed by atoms with van der Waals surface area (Å²) < 4.78 is 3.93. The number of aryl methyl sites for hydroxylation is 1. The molecule has 1 aliphatic rings. The van der Waals surface area contributed by atoms with Crippen molar-refractivity contribution < 1.29 is 0 Å². The maximum atomic E-state index is 4.36. The second kappa shape index (κ2) is 4.03. The number of rotatable bonds is 4. The minimum atomic E-state index is 0.0928. The first-order valence-electron chi connectivity index (χ1n) is 6.65. The molecule has 102 valence electrons. The summed E-state index contributed by atoms with van der Waals surface area (Å²) in [5.41, 5.74) is 1.74. The normalized spacial score (nSPS) is 16.4. The molecule has 1 N–H and O–H groups in total. The van der Waals surface area contributed by atoms with Crippen LogP contribution in [0.4, 0.5) is 5.82 Å². The van der Waals surface area contributed by atoms with Gasteiger partial charge in [-0.2, -0.15) is 5.10 Å². The van der Waals surface area contributed by atoms with Gasteiger partial charge < -0.3 is 9.88 Å². The van der Waals surface area contributed by atoms with Crippen LogP contribution in [0.1, 0.15) is 12.8 Å². The number of fused-ring (bicyclic) bond motifs is 1. The van der Waals surface area contributed by atoms with Gasteiger partial charge in [0.2, 0.25) is 0 Å². The van der Waals surface area contributed by atoms with E-state index < -0.39 is 0 Å². The van der Waals surface area contributed by atoms with E-state index in [0.717, 1.165) is 36.4 Å². The first kappa shape index (κ1) is 11.4. The topological polar surface area (TPSA) is 73.5 Å². The summed E-state index contributed by atoms with van der Waals surface area (Å²) in [6.45, 7) is 0.803. The molecule has 0 radical (unpaired) electrons. The molecule has 0 unspecified atom stereocenters. The highest BCUT2D eigenvalue weighted by Crippen LogP contribution is 2.42. The molecule has 0 bridgehead atoms. The molecule has 1 fully saturated rings. The van der Waals surface area contributed by atoms with E-state index in [1.54, 1.807) is 12.7 Å². The quantitative estimate of drug-likeness (QED) is 0.769. The third kappa shape index (κ3) is 1.66. The highest BCUT2D eigenvalue weighted by Gasteiger charge is 2.45. The molecule has 0 amide bonds. The van der Waals surface area contributed by atoms with E-state index in [4.69, 9.17) is 0 Å². The maximum absolute atomic E-state index is 4.36. The lowest BCUT2D eigenvalue weighted by Gasteiger charge is -2.17. The van der Waals surface area contributed by atoms with Gasteiger partial charge in [-0.05, 0) is 18.9 Å². The Hall–Kier alpha value is -2.44. The second-order valence-electron chi connectivity index (χ2n) is 5.28. The van der Waals surface area contributed by atoms with E-state index in [-0.39, 0.29) is 5.54 Å². The van der Waals surface area contributed by atoms with Crippen LogP contribution >= 0.6 is 0 Å². The first-order valence-corrected chi connectivity index (χ1v) is 6.65. The fourth-order valence-electron chi connectivity index (χ4n) is 2.50. The molecule has 1 saturated carbocycles. The fourth-order valence-corrected chi connectivity index (χ4v) is 2.50. The molecule has 0 aliphatic heterocycles. The van der Waals surface area contributed by atoms with Crippen molar-refractivity contribution in [2.45, 2.75) is 18.4 Å². The summed E-state index contributed by atoms with van der Waals surface area (Å²) in [5.74, 6) is 0.786. The van der Waals surface area contributed by atoms with Crippen LogP contribution < -0.4 is 5.32 Å². The molecule has 4 rings (SSSR count). The van der Waals surface area contributed by atoms with Crippen molar-refractivity contribution in [1.82, 2.24) is 29.3 Å². The van der Waals surface area contributed by atoms with Crippen molar-refractivity contribution in [3.8, 4) is 0 Å². The molecule has 1 aliphatic carbocycles. The summed E-state index contributed by atoms with van der Waals surface area (Å²) in [6.07, 6.45) is 9.44. The molecule has 7 heteroatoms. The largest absolute Gasteiger partial charge is 0.366 e. The Labute approximate surface area is 115 Å². The standard InChI is InChI=1S/C13H15N7/c1-19-9-17-10-11(15-8-16-12(10)19)14-7-13(3-4-13)20-6-2-5-18-20/h2,5-6,8-9H,3-4,7H2,1H3,(H,14,15,16). The van der Waals surface area contributed by atoms with Crippen LogP contribution in [0.5, 0.6) is 0 Å². The van der Waals surface area contributed by atoms with Crippen molar-refractivity contribution in [3.05, 3.63) is 31.1 Å². The molecule has 0 atom stereocenters. The fraction of sp³-hybridized carbons (Fsp3) is 0.385. The second-order valence-corrected chi connectivity index (χ2v) is 5.28. The van der Waals surface area contributed by atoms with Crippen molar-refractivity contribution in [3.63, 3.8) is 0 Å². The Bertz CT molecular complexity index is 739. The monoisotopic (exact) mass is 269 g/mol. The van der Waals surface area contributed by atoms with E-state index in [1.165, 1.54) is 0 Å². The Balaban J connectivity index is 1.60. The zero-order chi connectivity index (χ0) is 13.6. The van der Waals surface area contributed by atoms with Crippen LogP contribution in [-0.4, -0.2) is 35.8 Å². The van der Waals surface area contributed by atoms with E-state index in [0.29, 0.717) is 0 Å². The predicted octanol–water partition coefficient (Wildman–Crippen LogP) is 1.16. The number of imidazole rings is 1. The molecule has 7 nitrogen and oxygen atoms in total. The minimum absolute atomic E-state index is 0.0928. The summed E-state index contributed by atoms with van der Waals surface area (Å²) in [6, 6.07) is 1.96. The van der Waals surface area contributed by atoms with Gasteiger partial charge in [0, 0.05) is 26.0 Å². The minimum Gasteiger partial charge on any atom is -0.366 e. The maximum Gasteiger partial charge on any atom is 0.165 e. The Morgan fingerprint density at radius 2 is 2.20 bits per heavy atom. The summed E-state index contributed by atoms with van der Waals surface area (Å²) >= 11 is 0. The summed E-state index contributed by atoms with van der Waals surface area (Å²) in [7, 11) is 1.93. The van der Waals surface area contributed by atoms with Gasteiger partial charge in [-0.3, -0.25) is 4.68 Å². The van der Waals surface area contributed by atoms with Gasteiger partial charge in [0.05, 0.1) is 11.9 Å². The SMILES string of the molecule is Cn1cnc2c(NCC3(n4cccn4)CC3)ncnc21. The smallest absolute Gasteiger partial charge is 0.165 e. The molecule has 3 aromatic heterocycles. The van der Waals surface area contributed by atoms with Gasteiger partial charge in [-0.15, -0.1) is 0 Å². The van der Waals surface area contributed by atoms with E-state index in [9.17, 15) is 0 Å². The zero-order valence-electron chi connectivity index (χ0n) is 11.2. The lowest BCUT2D eigenvalue weighted by Crippen LogP contribution is -2.27. The average Bonchev–Trinajstić information content (AvgIpc) is 2.89. The molecule has 0 saturated heterocycles. The number of anilines is 1. The molecular weight excluding hydrogens is 254 g/mol. The van der Waals surface area contributed by atoms with Crippen LogP contribution in [0.2, 0.25) is 0 Å². The predicted molar refractivity (Wildman–Crippen MR) is 74.2 cm³/mol. The van der Waals surface area contributed by atoms with Gasteiger partial charge in [0.25, 0.3) is 0 Å². The van der Waals surface area contributed by atoms with Crippen molar-refractivity contribution in [1.29, 1.82) is 0 Å². The van der Waals surface area contributed by atoms with Gasteiger partial charge in [0.1, 0.15) is 11.8 Å². The van der Waals surface area contributed by atoms with E-state index in [1.807, 2.05) is 34.8 Å². The summed E-state index contributed by atoms with van der Waals surface area (Å²) in [5, 5.41) is 7.76. The molecule has 20 heavy (non-hydrogen) atoms.